The molecule has 2 aliphatic heterocycles. The van der Waals surface area contributed by atoms with Crippen LogP contribution in [-0.2, 0) is 5.41 Å². The average Bonchev–Trinajstić information content (AvgIpc) is 3.07. The molecule has 5 nitrogen and oxygen atoms in total. The molecule has 0 bridgehead atoms. The van der Waals surface area contributed by atoms with Crippen molar-refractivity contribution in [1.82, 2.24) is 15.0 Å². The van der Waals surface area contributed by atoms with Crippen molar-refractivity contribution in [3.05, 3.63) is 79.0 Å². The van der Waals surface area contributed by atoms with Gasteiger partial charge in [-0.2, -0.15) is 0 Å². The zero-order valence-electron chi connectivity index (χ0n) is 15.2. The molecule has 27 heavy (non-hydrogen) atoms. The highest BCUT2D eigenvalue weighted by Gasteiger charge is 2.63. The molecule has 0 N–H and O–H groups in total. The number of para-hydroxylation sites is 1. The van der Waals surface area contributed by atoms with Crippen LogP contribution in [0.15, 0.2) is 73.5 Å². The molecular formula is C22H19N5. The average molecular weight is 353 g/mol. The third-order valence-electron chi connectivity index (χ3n) is 6.73. The predicted octanol–water partition coefficient (Wildman–Crippen LogP) is 4.33. The van der Waals surface area contributed by atoms with Crippen LogP contribution in [0.3, 0.4) is 0 Å². The topological polar surface area (TPSA) is 45.2 Å². The number of anilines is 4. The fourth-order valence-corrected chi connectivity index (χ4v) is 5.05. The summed E-state index contributed by atoms with van der Waals surface area (Å²) in [5.41, 5.74) is 4.66. The van der Waals surface area contributed by atoms with E-state index in [0.29, 0.717) is 0 Å². The summed E-state index contributed by atoms with van der Waals surface area (Å²) < 4.78 is 0. The molecule has 1 aromatic carbocycles. The Labute approximate surface area is 158 Å². The predicted molar refractivity (Wildman–Crippen MR) is 105 cm³/mol. The van der Waals surface area contributed by atoms with Crippen LogP contribution in [0.1, 0.15) is 19.4 Å². The Morgan fingerprint density at radius 2 is 1.70 bits per heavy atom. The van der Waals surface area contributed by atoms with E-state index in [1.165, 1.54) is 11.3 Å². The van der Waals surface area contributed by atoms with Gasteiger partial charge in [0.05, 0.1) is 6.20 Å². The maximum atomic E-state index is 4.68. The van der Waals surface area contributed by atoms with Crippen molar-refractivity contribution in [2.24, 2.45) is 5.41 Å². The summed E-state index contributed by atoms with van der Waals surface area (Å²) in [4.78, 5) is 18.0. The normalized spacial score (nSPS) is 29.5. The summed E-state index contributed by atoms with van der Waals surface area (Å²) in [6, 6.07) is 12.8. The third kappa shape index (κ3) is 1.59. The minimum atomic E-state index is -0.0642. The monoisotopic (exact) mass is 353 g/mol. The molecule has 0 saturated carbocycles. The van der Waals surface area contributed by atoms with Crippen LogP contribution in [0.25, 0.3) is 0 Å². The van der Waals surface area contributed by atoms with E-state index < -0.39 is 0 Å². The van der Waals surface area contributed by atoms with E-state index >= 15 is 0 Å². The Kier molecular flexibility index (Phi) is 2.62. The van der Waals surface area contributed by atoms with Gasteiger partial charge in [0.25, 0.3) is 0 Å². The molecule has 132 valence electrons. The molecule has 0 spiro atoms. The summed E-state index contributed by atoms with van der Waals surface area (Å²) in [6.45, 7) is 4.71. The first kappa shape index (κ1) is 14.9. The summed E-state index contributed by atoms with van der Waals surface area (Å²) in [6.07, 6.45) is 12.0. The summed E-state index contributed by atoms with van der Waals surface area (Å²) in [5.74, 6) is 0.946. The van der Waals surface area contributed by atoms with Crippen molar-refractivity contribution in [1.29, 1.82) is 0 Å². The molecular weight excluding hydrogens is 334 g/mol. The fraction of sp³-hybridized carbons (Fsp3) is 0.227. The first-order chi connectivity index (χ1) is 13.2. The van der Waals surface area contributed by atoms with Gasteiger partial charge in [0, 0.05) is 34.6 Å². The number of fused-ring (bicyclic) bond motifs is 8. The number of pyridine rings is 1. The molecule has 2 aromatic heterocycles. The van der Waals surface area contributed by atoms with Crippen molar-refractivity contribution < 1.29 is 0 Å². The molecule has 3 atom stereocenters. The molecule has 0 fully saturated rings. The first-order valence-corrected chi connectivity index (χ1v) is 9.23. The van der Waals surface area contributed by atoms with Gasteiger partial charge in [0.15, 0.2) is 5.82 Å². The van der Waals surface area contributed by atoms with E-state index in [1.54, 1.807) is 6.33 Å². The summed E-state index contributed by atoms with van der Waals surface area (Å²) in [7, 11) is 0. The zero-order chi connectivity index (χ0) is 18.2. The van der Waals surface area contributed by atoms with Crippen LogP contribution in [0.4, 0.5) is 22.9 Å². The molecule has 1 aliphatic carbocycles. The van der Waals surface area contributed by atoms with Crippen LogP contribution in [0, 0.1) is 5.41 Å². The van der Waals surface area contributed by atoms with Crippen molar-refractivity contribution in [2.75, 3.05) is 9.80 Å². The fourth-order valence-electron chi connectivity index (χ4n) is 5.05. The van der Waals surface area contributed by atoms with Gasteiger partial charge in [-0.1, -0.05) is 44.2 Å². The Morgan fingerprint density at radius 3 is 2.48 bits per heavy atom. The van der Waals surface area contributed by atoms with E-state index in [4.69, 9.17) is 0 Å². The Morgan fingerprint density at radius 1 is 0.889 bits per heavy atom. The second kappa shape index (κ2) is 4.74. The highest BCUT2D eigenvalue weighted by Crippen LogP contribution is 2.66. The number of hydrogen-bond acceptors (Lipinski definition) is 5. The lowest BCUT2D eigenvalue weighted by Gasteiger charge is -2.61. The van der Waals surface area contributed by atoms with E-state index in [0.717, 1.165) is 17.2 Å². The number of hydrogen-bond donors (Lipinski definition) is 0. The lowest BCUT2D eigenvalue weighted by Crippen LogP contribution is -2.64. The number of benzene rings is 1. The Hall–Kier alpha value is -3.21. The Balaban J connectivity index is 1.69. The van der Waals surface area contributed by atoms with Gasteiger partial charge in [-0.05, 0) is 23.8 Å². The lowest BCUT2D eigenvalue weighted by molar-refractivity contribution is 0.174. The second-order valence-corrected chi connectivity index (χ2v) is 7.89. The van der Waals surface area contributed by atoms with Gasteiger partial charge in [0.1, 0.15) is 18.2 Å². The molecule has 0 radical (unpaired) electrons. The molecule has 5 heteroatoms. The van der Waals surface area contributed by atoms with Crippen molar-refractivity contribution in [3.8, 4) is 0 Å². The molecule has 0 saturated heterocycles. The SMILES string of the molecule is CC12C=CC1(C)C1N(c3ccccc32)c2cncnc2N1c1ccncc1. The van der Waals surface area contributed by atoms with Crippen molar-refractivity contribution in [3.63, 3.8) is 0 Å². The van der Waals surface area contributed by atoms with Crippen molar-refractivity contribution >= 4 is 22.9 Å². The van der Waals surface area contributed by atoms with Crippen LogP contribution < -0.4 is 9.80 Å². The molecule has 3 aromatic rings. The number of rotatable bonds is 1. The number of nitrogens with zero attached hydrogens (tertiary/aromatic N) is 5. The Bertz CT molecular complexity index is 1090. The molecule has 4 heterocycles. The van der Waals surface area contributed by atoms with Gasteiger partial charge in [-0.3, -0.25) is 4.98 Å². The van der Waals surface area contributed by atoms with E-state index in [9.17, 15) is 0 Å². The maximum Gasteiger partial charge on any atom is 0.162 e. The van der Waals surface area contributed by atoms with Gasteiger partial charge in [-0.25, -0.2) is 9.97 Å². The highest BCUT2D eigenvalue weighted by molar-refractivity contribution is 5.89. The van der Waals surface area contributed by atoms with Gasteiger partial charge < -0.3 is 9.80 Å². The van der Waals surface area contributed by atoms with Crippen LogP contribution in [0.2, 0.25) is 0 Å². The van der Waals surface area contributed by atoms with E-state index in [-0.39, 0.29) is 17.0 Å². The molecule has 0 amide bonds. The number of aromatic nitrogens is 3. The summed E-state index contributed by atoms with van der Waals surface area (Å²) in [5, 5.41) is 0. The molecule has 3 aliphatic rings. The van der Waals surface area contributed by atoms with Gasteiger partial charge in [0.2, 0.25) is 0 Å². The van der Waals surface area contributed by atoms with Crippen LogP contribution >= 0.6 is 0 Å². The second-order valence-electron chi connectivity index (χ2n) is 7.89. The van der Waals surface area contributed by atoms with E-state index in [2.05, 4.69) is 87.1 Å². The van der Waals surface area contributed by atoms with E-state index in [1.807, 2.05) is 18.6 Å². The standard InChI is InChI=1S/C22H19N5/c1-21-9-10-22(21,2)20-26(15-7-11-23-12-8-15)19-18(13-24-14-25-19)27(20)17-6-4-3-5-16(17)21/h3-14,20H,1-2H3. The maximum absolute atomic E-state index is 4.68. The van der Waals surface area contributed by atoms with Crippen molar-refractivity contribution in [2.45, 2.75) is 25.4 Å². The highest BCUT2D eigenvalue weighted by atomic mass is 15.5. The van der Waals surface area contributed by atoms with Crippen LogP contribution in [-0.4, -0.2) is 21.1 Å². The van der Waals surface area contributed by atoms with Gasteiger partial charge >= 0.3 is 0 Å². The minimum Gasteiger partial charge on any atom is -0.314 e. The first-order valence-electron chi connectivity index (χ1n) is 9.23. The number of allylic oxidation sites excluding steroid dienone is 1. The largest absolute Gasteiger partial charge is 0.314 e. The molecule has 6 rings (SSSR count). The smallest absolute Gasteiger partial charge is 0.162 e. The zero-order valence-corrected chi connectivity index (χ0v) is 15.2. The molecule has 3 unspecified atom stereocenters. The quantitative estimate of drug-likeness (QED) is 0.609. The lowest BCUT2D eigenvalue weighted by atomic mass is 9.50. The van der Waals surface area contributed by atoms with Crippen LogP contribution in [0.5, 0.6) is 0 Å². The summed E-state index contributed by atoms with van der Waals surface area (Å²) >= 11 is 0. The minimum absolute atomic E-state index is 0.0223. The third-order valence-corrected chi connectivity index (χ3v) is 6.73. The van der Waals surface area contributed by atoms with Gasteiger partial charge in [-0.15, -0.1) is 0 Å².